The summed E-state index contributed by atoms with van der Waals surface area (Å²) in [7, 11) is 0. The molecule has 1 aliphatic carbocycles. The SMILES string of the molecule is O=C(NCCc1noc(C2CCCC2)n1)Nc1ccc2[nH]c(=O)oc2c1. The summed E-state index contributed by atoms with van der Waals surface area (Å²) < 4.78 is 10.3. The van der Waals surface area contributed by atoms with Crippen LogP contribution < -0.4 is 16.4 Å². The van der Waals surface area contributed by atoms with Gasteiger partial charge in [0.25, 0.3) is 0 Å². The third-order valence-electron chi connectivity index (χ3n) is 4.50. The normalized spacial score (nSPS) is 14.8. The molecule has 9 heteroatoms. The van der Waals surface area contributed by atoms with E-state index < -0.39 is 5.76 Å². The van der Waals surface area contributed by atoms with Gasteiger partial charge in [0.1, 0.15) is 0 Å². The number of rotatable bonds is 5. The topological polar surface area (TPSA) is 126 Å². The Morgan fingerprint density at radius 1 is 1.31 bits per heavy atom. The van der Waals surface area contributed by atoms with Crippen LogP contribution in [0, 0.1) is 0 Å². The molecule has 2 heterocycles. The molecule has 0 unspecified atom stereocenters. The summed E-state index contributed by atoms with van der Waals surface area (Å²) in [5, 5.41) is 9.40. The van der Waals surface area contributed by atoms with Crippen LogP contribution in [0.15, 0.2) is 31.9 Å². The Balaban J connectivity index is 1.27. The second-order valence-corrected chi connectivity index (χ2v) is 6.39. The second-order valence-electron chi connectivity index (χ2n) is 6.39. The third-order valence-corrected chi connectivity index (χ3v) is 4.50. The van der Waals surface area contributed by atoms with Gasteiger partial charge in [-0.3, -0.25) is 4.98 Å². The lowest BCUT2D eigenvalue weighted by atomic mass is 10.1. The predicted octanol–water partition coefficient (Wildman–Crippen LogP) is 2.53. The Kier molecular flexibility index (Phi) is 4.42. The first-order valence-electron chi connectivity index (χ1n) is 8.67. The molecule has 0 atom stereocenters. The number of nitrogens with one attached hydrogen (secondary N) is 3. The molecule has 3 aromatic rings. The molecule has 136 valence electrons. The zero-order valence-electron chi connectivity index (χ0n) is 14.1. The lowest BCUT2D eigenvalue weighted by molar-refractivity contribution is 0.252. The lowest BCUT2D eigenvalue weighted by Gasteiger charge is -2.06. The molecular formula is C17H19N5O4. The van der Waals surface area contributed by atoms with E-state index in [2.05, 4.69) is 25.8 Å². The number of hydrogen-bond donors (Lipinski definition) is 3. The van der Waals surface area contributed by atoms with Crippen molar-refractivity contribution >= 4 is 22.8 Å². The molecule has 3 N–H and O–H groups in total. The largest absolute Gasteiger partial charge is 0.417 e. The van der Waals surface area contributed by atoms with Gasteiger partial charge in [0.15, 0.2) is 11.4 Å². The number of nitrogens with zero attached hydrogens (tertiary/aromatic N) is 2. The quantitative estimate of drug-likeness (QED) is 0.644. The average Bonchev–Trinajstić information content (AvgIpc) is 3.33. The van der Waals surface area contributed by atoms with Crippen LogP contribution in [-0.4, -0.2) is 27.7 Å². The van der Waals surface area contributed by atoms with E-state index >= 15 is 0 Å². The summed E-state index contributed by atoms with van der Waals surface area (Å²) in [6.07, 6.45) is 5.13. The number of hydrogen-bond acceptors (Lipinski definition) is 6. The second kappa shape index (κ2) is 7.03. The molecule has 1 aromatic carbocycles. The standard InChI is InChI=1S/C17H19N5O4/c23-16(19-11-5-6-12-13(9-11)25-17(24)20-12)18-8-7-14-21-15(26-22-14)10-3-1-2-4-10/h5-6,9-10H,1-4,7-8H2,(H,20,24)(H2,18,19,23). The summed E-state index contributed by atoms with van der Waals surface area (Å²) in [4.78, 5) is 30.1. The highest BCUT2D eigenvalue weighted by molar-refractivity contribution is 5.91. The van der Waals surface area contributed by atoms with Crippen LogP contribution >= 0.6 is 0 Å². The van der Waals surface area contributed by atoms with E-state index in [1.54, 1.807) is 18.2 Å². The first-order valence-corrected chi connectivity index (χ1v) is 8.67. The lowest BCUT2D eigenvalue weighted by Crippen LogP contribution is -2.30. The van der Waals surface area contributed by atoms with Crippen molar-refractivity contribution in [3.8, 4) is 0 Å². The van der Waals surface area contributed by atoms with Crippen LogP contribution in [0.1, 0.15) is 43.3 Å². The number of carbonyl (C=O) groups is 1. The molecule has 4 rings (SSSR count). The van der Waals surface area contributed by atoms with Gasteiger partial charge in [-0.25, -0.2) is 9.59 Å². The number of urea groups is 1. The zero-order chi connectivity index (χ0) is 17.9. The first kappa shape index (κ1) is 16.4. The van der Waals surface area contributed by atoms with E-state index in [-0.39, 0.29) is 6.03 Å². The number of anilines is 1. The minimum Gasteiger partial charge on any atom is -0.408 e. The summed E-state index contributed by atoms with van der Waals surface area (Å²) in [6.45, 7) is 0.386. The number of aromatic amines is 1. The van der Waals surface area contributed by atoms with Crippen LogP contribution in [0.4, 0.5) is 10.5 Å². The summed E-state index contributed by atoms with van der Waals surface area (Å²) >= 11 is 0. The fourth-order valence-electron chi connectivity index (χ4n) is 3.19. The first-order chi connectivity index (χ1) is 12.7. The molecule has 1 fully saturated rings. The van der Waals surface area contributed by atoms with Gasteiger partial charge in [0, 0.05) is 30.6 Å². The van der Waals surface area contributed by atoms with Gasteiger partial charge in [0.2, 0.25) is 5.89 Å². The van der Waals surface area contributed by atoms with Crippen LogP contribution in [0.3, 0.4) is 0 Å². The van der Waals surface area contributed by atoms with Crippen molar-refractivity contribution in [2.45, 2.75) is 38.0 Å². The number of oxazole rings is 1. The van der Waals surface area contributed by atoms with Crippen molar-refractivity contribution in [1.82, 2.24) is 20.4 Å². The number of aromatic nitrogens is 3. The number of benzene rings is 1. The van der Waals surface area contributed by atoms with E-state index in [4.69, 9.17) is 8.94 Å². The van der Waals surface area contributed by atoms with Crippen molar-refractivity contribution in [3.05, 3.63) is 40.5 Å². The minimum absolute atomic E-state index is 0.359. The maximum Gasteiger partial charge on any atom is 0.417 e. The highest BCUT2D eigenvalue weighted by atomic mass is 16.5. The predicted molar refractivity (Wildman–Crippen MR) is 93.1 cm³/mol. The van der Waals surface area contributed by atoms with E-state index in [1.165, 1.54) is 12.8 Å². The van der Waals surface area contributed by atoms with Gasteiger partial charge in [-0.2, -0.15) is 4.98 Å². The summed E-state index contributed by atoms with van der Waals surface area (Å²) in [6, 6.07) is 4.57. The van der Waals surface area contributed by atoms with E-state index in [1.807, 2.05) is 0 Å². The molecule has 0 radical (unpaired) electrons. The Morgan fingerprint density at radius 3 is 3.00 bits per heavy atom. The van der Waals surface area contributed by atoms with Crippen molar-refractivity contribution in [1.29, 1.82) is 0 Å². The molecule has 0 saturated heterocycles. The van der Waals surface area contributed by atoms with Gasteiger partial charge in [-0.1, -0.05) is 18.0 Å². The van der Waals surface area contributed by atoms with Crippen molar-refractivity contribution in [2.75, 3.05) is 11.9 Å². The van der Waals surface area contributed by atoms with Crippen LogP contribution in [0.2, 0.25) is 0 Å². The Labute approximate surface area is 148 Å². The molecule has 0 aliphatic heterocycles. The van der Waals surface area contributed by atoms with Crippen LogP contribution in [0.5, 0.6) is 0 Å². The van der Waals surface area contributed by atoms with Crippen molar-refractivity contribution in [3.63, 3.8) is 0 Å². The molecule has 0 bridgehead atoms. The zero-order valence-corrected chi connectivity index (χ0v) is 14.1. The Bertz CT molecular complexity index is 967. The molecule has 9 nitrogen and oxygen atoms in total. The molecule has 26 heavy (non-hydrogen) atoms. The highest BCUT2D eigenvalue weighted by Crippen LogP contribution is 2.32. The Morgan fingerprint density at radius 2 is 2.15 bits per heavy atom. The number of H-pyrrole nitrogens is 1. The fourth-order valence-corrected chi connectivity index (χ4v) is 3.19. The van der Waals surface area contributed by atoms with E-state index in [9.17, 15) is 9.59 Å². The van der Waals surface area contributed by atoms with Gasteiger partial charge in [-0.05, 0) is 25.0 Å². The molecule has 2 amide bonds. The summed E-state index contributed by atoms with van der Waals surface area (Å²) in [5.41, 5.74) is 1.50. The number of amides is 2. The summed E-state index contributed by atoms with van der Waals surface area (Å²) in [5.74, 6) is 1.17. The average molecular weight is 357 g/mol. The molecule has 0 spiro atoms. The monoisotopic (exact) mass is 357 g/mol. The Hall–Kier alpha value is -3.10. The number of fused-ring (bicyclic) bond motifs is 1. The van der Waals surface area contributed by atoms with Crippen molar-refractivity contribution in [2.24, 2.45) is 0 Å². The fraction of sp³-hybridized carbons (Fsp3) is 0.412. The molecule has 1 saturated carbocycles. The molecular weight excluding hydrogens is 338 g/mol. The highest BCUT2D eigenvalue weighted by Gasteiger charge is 2.22. The maximum atomic E-state index is 12.0. The molecule has 1 aliphatic rings. The van der Waals surface area contributed by atoms with Gasteiger partial charge >= 0.3 is 11.8 Å². The van der Waals surface area contributed by atoms with Gasteiger partial charge < -0.3 is 19.6 Å². The van der Waals surface area contributed by atoms with Crippen LogP contribution in [-0.2, 0) is 6.42 Å². The van der Waals surface area contributed by atoms with E-state index in [0.29, 0.717) is 47.4 Å². The molecule has 2 aromatic heterocycles. The van der Waals surface area contributed by atoms with E-state index in [0.717, 1.165) is 12.8 Å². The minimum atomic E-state index is -0.529. The van der Waals surface area contributed by atoms with Crippen molar-refractivity contribution < 1.29 is 13.7 Å². The van der Waals surface area contributed by atoms with Crippen LogP contribution in [0.25, 0.3) is 11.1 Å². The van der Waals surface area contributed by atoms with Gasteiger partial charge in [0.05, 0.1) is 5.52 Å². The van der Waals surface area contributed by atoms with Gasteiger partial charge in [-0.15, -0.1) is 0 Å². The third kappa shape index (κ3) is 3.61. The maximum absolute atomic E-state index is 12.0. The number of carbonyl (C=O) groups excluding carboxylic acids is 1. The smallest absolute Gasteiger partial charge is 0.408 e.